The van der Waals surface area contributed by atoms with Crippen LogP contribution in [0.1, 0.15) is 25.0 Å². The third-order valence-electron chi connectivity index (χ3n) is 4.75. The van der Waals surface area contributed by atoms with Crippen molar-refractivity contribution >= 4 is 17.5 Å². The maximum atomic E-state index is 12.0. The van der Waals surface area contributed by atoms with Gasteiger partial charge in [-0.15, -0.1) is 11.6 Å². The fraction of sp³-hybridized carbons (Fsp3) is 0.667. The molecular weight excluding hydrogens is 274 g/mol. The number of fused-ring (bicyclic) bond motifs is 1. The van der Waals surface area contributed by atoms with Gasteiger partial charge in [-0.1, -0.05) is 0 Å². The zero-order valence-electron chi connectivity index (χ0n) is 11.5. The highest BCUT2D eigenvalue weighted by molar-refractivity contribution is 6.18. The normalized spacial score (nSPS) is 28.6. The number of likely N-dealkylation sites (tertiary alicyclic amines) is 1. The average Bonchev–Trinajstić information content (AvgIpc) is 3.02. The van der Waals surface area contributed by atoms with E-state index in [4.69, 9.17) is 11.6 Å². The van der Waals surface area contributed by atoms with Gasteiger partial charge in [-0.05, 0) is 37.0 Å². The molecule has 1 aliphatic heterocycles. The van der Waals surface area contributed by atoms with Crippen LogP contribution >= 0.6 is 11.6 Å². The van der Waals surface area contributed by atoms with Crippen LogP contribution in [0.3, 0.4) is 0 Å². The Kier molecular flexibility index (Phi) is 4.20. The van der Waals surface area contributed by atoms with Crippen molar-refractivity contribution in [3.05, 3.63) is 24.3 Å². The summed E-state index contributed by atoms with van der Waals surface area (Å²) in [4.78, 5) is 22.5. The van der Waals surface area contributed by atoms with E-state index < -0.39 is 0 Å². The van der Waals surface area contributed by atoms with Gasteiger partial charge in [-0.25, -0.2) is 0 Å². The molecule has 5 heteroatoms. The molecule has 0 unspecified atom stereocenters. The molecule has 0 bridgehead atoms. The summed E-state index contributed by atoms with van der Waals surface area (Å²) < 4.78 is 0. The van der Waals surface area contributed by atoms with E-state index in [0.29, 0.717) is 30.1 Å². The van der Waals surface area contributed by atoms with Crippen LogP contribution < -0.4 is 0 Å². The van der Waals surface area contributed by atoms with E-state index in [1.807, 2.05) is 11.1 Å². The van der Waals surface area contributed by atoms with Crippen molar-refractivity contribution in [2.24, 2.45) is 17.8 Å². The molecule has 3 rings (SSSR count). The summed E-state index contributed by atoms with van der Waals surface area (Å²) in [6, 6.07) is 0. The molecule has 0 N–H and O–H groups in total. The standard InChI is InChI=1S/C15H20ClN3O/c16-4-3-15(20)19-9-12-2-1-11(14(12)10-19)7-13-8-17-5-6-18-13/h5-6,8,11-12,14H,1-4,7,9-10H2/t11-,12-,14-/m1/s1. The first-order valence-corrected chi connectivity index (χ1v) is 7.90. The van der Waals surface area contributed by atoms with E-state index in [2.05, 4.69) is 9.97 Å². The molecule has 1 aromatic rings. The first kappa shape index (κ1) is 13.8. The molecule has 1 aromatic heterocycles. The van der Waals surface area contributed by atoms with Gasteiger partial charge >= 0.3 is 0 Å². The van der Waals surface area contributed by atoms with Gasteiger partial charge in [0.25, 0.3) is 0 Å². The van der Waals surface area contributed by atoms with E-state index in [1.165, 1.54) is 12.8 Å². The van der Waals surface area contributed by atoms with Gasteiger partial charge in [0.2, 0.25) is 5.91 Å². The van der Waals surface area contributed by atoms with Crippen LogP contribution in [0.15, 0.2) is 18.6 Å². The largest absolute Gasteiger partial charge is 0.342 e. The second kappa shape index (κ2) is 6.08. The minimum atomic E-state index is 0.215. The Labute approximate surface area is 124 Å². The van der Waals surface area contributed by atoms with Crippen molar-refractivity contribution in [2.75, 3.05) is 19.0 Å². The summed E-state index contributed by atoms with van der Waals surface area (Å²) >= 11 is 5.67. The third-order valence-corrected chi connectivity index (χ3v) is 4.94. The maximum absolute atomic E-state index is 12.0. The zero-order chi connectivity index (χ0) is 13.9. The molecule has 1 amide bonds. The highest BCUT2D eigenvalue weighted by Gasteiger charge is 2.43. The monoisotopic (exact) mass is 293 g/mol. The molecule has 2 aliphatic rings. The third kappa shape index (κ3) is 2.80. The highest BCUT2D eigenvalue weighted by Crippen LogP contribution is 2.43. The summed E-state index contributed by atoms with van der Waals surface area (Å²) in [6.45, 7) is 1.84. The number of hydrogen-bond acceptors (Lipinski definition) is 3. The predicted molar refractivity (Wildman–Crippen MR) is 77.4 cm³/mol. The fourth-order valence-electron chi connectivity index (χ4n) is 3.78. The van der Waals surface area contributed by atoms with Crippen molar-refractivity contribution in [3.8, 4) is 0 Å². The van der Waals surface area contributed by atoms with Gasteiger partial charge in [0.1, 0.15) is 0 Å². The summed E-state index contributed by atoms with van der Waals surface area (Å²) in [5.41, 5.74) is 1.07. The number of nitrogens with zero attached hydrogens (tertiary/aromatic N) is 3. The van der Waals surface area contributed by atoms with E-state index in [-0.39, 0.29) is 5.91 Å². The molecule has 0 aromatic carbocycles. The molecular formula is C15H20ClN3O. The van der Waals surface area contributed by atoms with Gasteiger partial charge in [0, 0.05) is 44.0 Å². The van der Waals surface area contributed by atoms with Gasteiger partial charge in [-0.3, -0.25) is 14.8 Å². The summed E-state index contributed by atoms with van der Waals surface area (Å²) in [7, 11) is 0. The van der Waals surface area contributed by atoms with Gasteiger partial charge in [-0.2, -0.15) is 0 Å². The Hall–Kier alpha value is -1.16. The quantitative estimate of drug-likeness (QED) is 0.799. The SMILES string of the molecule is O=C(CCCl)N1C[C@H]2CC[C@H](Cc3cnccn3)[C@H]2C1. The van der Waals surface area contributed by atoms with Gasteiger partial charge in [0.15, 0.2) is 0 Å². The molecule has 4 nitrogen and oxygen atoms in total. The minimum Gasteiger partial charge on any atom is -0.342 e. The number of amides is 1. The van der Waals surface area contributed by atoms with Crippen molar-refractivity contribution in [2.45, 2.75) is 25.7 Å². The topological polar surface area (TPSA) is 46.1 Å². The lowest BCUT2D eigenvalue weighted by molar-refractivity contribution is -0.130. The lowest BCUT2D eigenvalue weighted by Crippen LogP contribution is -2.30. The lowest BCUT2D eigenvalue weighted by atomic mass is 9.89. The fourth-order valence-corrected chi connectivity index (χ4v) is 3.94. The average molecular weight is 294 g/mol. The smallest absolute Gasteiger partial charge is 0.223 e. The Morgan fingerprint density at radius 2 is 2.25 bits per heavy atom. The number of carbonyl (C=O) groups is 1. The Balaban J connectivity index is 1.61. The van der Waals surface area contributed by atoms with Gasteiger partial charge in [0.05, 0.1) is 5.69 Å². The van der Waals surface area contributed by atoms with E-state index >= 15 is 0 Å². The second-order valence-electron chi connectivity index (χ2n) is 5.90. The summed E-state index contributed by atoms with van der Waals surface area (Å²) in [5, 5.41) is 0. The van der Waals surface area contributed by atoms with Crippen LogP contribution in [-0.2, 0) is 11.2 Å². The molecule has 2 fully saturated rings. The molecule has 3 atom stereocenters. The molecule has 0 radical (unpaired) electrons. The Bertz CT molecular complexity index is 467. The maximum Gasteiger partial charge on any atom is 0.223 e. The van der Waals surface area contributed by atoms with E-state index in [9.17, 15) is 4.79 Å². The molecule has 108 valence electrons. The molecule has 0 spiro atoms. The molecule has 20 heavy (non-hydrogen) atoms. The summed E-state index contributed by atoms with van der Waals surface area (Å²) in [6.07, 6.45) is 9.28. The van der Waals surface area contributed by atoms with E-state index in [1.54, 1.807) is 12.4 Å². The number of carbonyl (C=O) groups excluding carboxylic acids is 1. The van der Waals surface area contributed by atoms with Crippen LogP contribution in [0.2, 0.25) is 0 Å². The van der Waals surface area contributed by atoms with Crippen LogP contribution in [0, 0.1) is 17.8 Å². The Morgan fingerprint density at radius 1 is 1.35 bits per heavy atom. The number of halogens is 1. The predicted octanol–water partition coefficient (Wildman–Crippen LogP) is 2.13. The van der Waals surface area contributed by atoms with Crippen LogP contribution in [-0.4, -0.2) is 39.7 Å². The number of aromatic nitrogens is 2. The first-order valence-electron chi connectivity index (χ1n) is 7.36. The van der Waals surface area contributed by atoms with Crippen LogP contribution in [0.5, 0.6) is 0 Å². The second-order valence-corrected chi connectivity index (χ2v) is 6.28. The van der Waals surface area contributed by atoms with Crippen molar-refractivity contribution in [3.63, 3.8) is 0 Å². The highest BCUT2D eigenvalue weighted by atomic mass is 35.5. The van der Waals surface area contributed by atoms with Crippen LogP contribution in [0.4, 0.5) is 0 Å². The first-order chi connectivity index (χ1) is 9.78. The number of alkyl halides is 1. The molecule has 1 saturated carbocycles. The Morgan fingerprint density at radius 3 is 3.00 bits per heavy atom. The lowest BCUT2D eigenvalue weighted by Gasteiger charge is -2.20. The van der Waals surface area contributed by atoms with Crippen molar-refractivity contribution in [1.82, 2.24) is 14.9 Å². The van der Waals surface area contributed by atoms with Crippen LogP contribution in [0.25, 0.3) is 0 Å². The van der Waals surface area contributed by atoms with E-state index in [0.717, 1.165) is 25.2 Å². The van der Waals surface area contributed by atoms with Crippen molar-refractivity contribution in [1.29, 1.82) is 0 Å². The van der Waals surface area contributed by atoms with Crippen molar-refractivity contribution < 1.29 is 4.79 Å². The number of rotatable bonds is 4. The number of hydrogen-bond donors (Lipinski definition) is 0. The molecule has 2 heterocycles. The minimum absolute atomic E-state index is 0.215. The van der Waals surface area contributed by atoms with Gasteiger partial charge < -0.3 is 4.90 Å². The zero-order valence-corrected chi connectivity index (χ0v) is 12.3. The molecule has 1 aliphatic carbocycles. The molecule has 1 saturated heterocycles. The summed E-state index contributed by atoms with van der Waals surface area (Å²) in [5.74, 6) is 2.60.